The van der Waals surface area contributed by atoms with Crippen molar-refractivity contribution >= 4 is 0 Å². The summed E-state index contributed by atoms with van der Waals surface area (Å²) in [6.45, 7) is 13.1. The van der Waals surface area contributed by atoms with Gasteiger partial charge in [0, 0.05) is 0 Å². The minimum absolute atomic E-state index is 0. The Labute approximate surface area is 97.1 Å². The number of rotatable bonds is 3. The van der Waals surface area contributed by atoms with E-state index in [2.05, 4.69) is 46.1 Å². The fraction of sp³-hybridized carbons (Fsp3) is 0.875. The topological polar surface area (TPSA) is 3.24 Å². The predicted octanol–water partition coefficient (Wildman–Crippen LogP) is -3.59. The molecule has 0 saturated carbocycles. The van der Waals surface area contributed by atoms with Gasteiger partial charge in [-0.1, -0.05) is 27.7 Å². The molecule has 0 atom stereocenters. The van der Waals surface area contributed by atoms with Crippen molar-refractivity contribution in [3.05, 3.63) is 6.54 Å². The van der Waals surface area contributed by atoms with Crippen molar-refractivity contribution in [3.63, 3.8) is 0 Å². The van der Waals surface area contributed by atoms with Crippen LogP contribution in [0.25, 0.3) is 0 Å². The van der Waals surface area contributed by atoms with Crippen LogP contribution in [0.2, 0.25) is 0 Å². The van der Waals surface area contributed by atoms with Crippen molar-refractivity contribution in [1.29, 1.82) is 0 Å². The van der Waals surface area contributed by atoms with E-state index in [1.54, 1.807) is 0 Å². The summed E-state index contributed by atoms with van der Waals surface area (Å²) in [5.41, 5.74) is 0. The van der Waals surface area contributed by atoms with E-state index in [1.807, 2.05) is 0 Å². The molecule has 3 heteroatoms. The maximum atomic E-state index is 2.33. The Morgan fingerprint density at radius 1 is 1.00 bits per heavy atom. The van der Waals surface area contributed by atoms with E-state index >= 15 is 0 Å². The normalized spacial score (nSPS) is 9.82. The minimum atomic E-state index is 0. The SMILES string of the molecule is C[CH-]N(C(C)C)C(C)C.[H-].[Li+].[Li+]. The summed E-state index contributed by atoms with van der Waals surface area (Å²) in [4.78, 5) is 2.33. The van der Waals surface area contributed by atoms with Gasteiger partial charge in [-0.2, -0.15) is 6.92 Å². The van der Waals surface area contributed by atoms with Crippen LogP contribution in [0.1, 0.15) is 36.0 Å². The Bertz CT molecular complexity index is 71.5. The molecular formula is C8H19Li2N. The molecule has 1 nitrogen and oxygen atoms in total. The zero-order valence-electron chi connectivity index (χ0n) is 10.2. The Morgan fingerprint density at radius 3 is 1.27 bits per heavy atom. The fourth-order valence-corrected chi connectivity index (χ4v) is 1.19. The summed E-state index contributed by atoms with van der Waals surface area (Å²) in [6.07, 6.45) is 0. The first-order chi connectivity index (χ1) is 4.09. The smallest absolute Gasteiger partial charge is 1.00 e. The van der Waals surface area contributed by atoms with Crippen LogP contribution in [0.4, 0.5) is 0 Å². The van der Waals surface area contributed by atoms with E-state index in [1.165, 1.54) is 0 Å². The van der Waals surface area contributed by atoms with Crippen molar-refractivity contribution < 1.29 is 39.1 Å². The van der Waals surface area contributed by atoms with Gasteiger partial charge in [0.15, 0.2) is 0 Å². The van der Waals surface area contributed by atoms with Gasteiger partial charge in [0.2, 0.25) is 0 Å². The van der Waals surface area contributed by atoms with E-state index in [0.29, 0.717) is 12.1 Å². The van der Waals surface area contributed by atoms with Gasteiger partial charge in [0.05, 0.1) is 0 Å². The molecule has 0 fully saturated rings. The average molecular weight is 143 g/mol. The summed E-state index contributed by atoms with van der Waals surface area (Å²) >= 11 is 0. The zero-order chi connectivity index (χ0) is 7.44. The van der Waals surface area contributed by atoms with E-state index < -0.39 is 0 Å². The number of hydrogen-bond donors (Lipinski definition) is 0. The standard InChI is InChI=1S/C8H18N.2Li.H/c1-6-9(7(2)3)8(4)5;;;/h6-8H,1-5H3;;;/q-1;2*+1;-1. The van der Waals surface area contributed by atoms with Crippen LogP contribution in [-0.2, 0) is 0 Å². The van der Waals surface area contributed by atoms with Crippen LogP contribution in [-0.4, -0.2) is 17.0 Å². The Kier molecular flexibility index (Phi) is 15.2. The quantitative estimate of drug-likeness (QED) is 0.291. The van der Waals surface area contributed by atoms with Crippen LogP contribution in [0, 0.1) is 6.54 Å². The molecule has 0 aliphatic carbocycles. The molecule has 0 heterocycles. The zero-order valence-corrected chi connectivity index (χ0v) is 9.18. The van der Waals surface area contributed by atoms with Crippen LogP contribution in [0.3, 0.4) is 0 Å². The molecule has 0 radical (unpaired) electrons. The molecule has 58 valence electrons. The largest absolute Gasteiger partial charge is 1.00 e. The summed E-state index contributed by atoms with van der Waals surface area (Å²) in [6, 6.07) is 1.27. The maximum Gasteiger partial charge on any atom is 1.00 e. The van der Waals surface area contributed by atoms with Crippen LogP contribution in [0.15, 0.2) is 0 Å². The first-order valence-corrected chi connectivity index (χ1v) is 3.66. The van der Waals surface area contributed by atoms with Crippen molar-refractivity contribution in [2.75, 3.05) is 0 Å². The summed E-state index contributed by atoms with van der Waals surface area (Å²) in [5, 5.41) is 0. The summed E-state index contributed by atoms with van der Waals surface area (Å²) < 4.78 is 0. The first-order valence-electron chi connectivity index (χ1n) is 3.66. The third-order valence-corrected chi connectivity index (χ3v) is 1.49. The molecular weight excluding hydrogens is 124 g/mol. The fourth-order valence-electron chi connectivity index (χ4n) is 1.19. The molecule has 0 aromatic rings. The van der Waals surface area contributed by atoms with Gasteiger partial charge in [-0.25, -0.2) is 0 Å². The molecule has 11 heavy (non-hydrogen) atoms. The molecule has 0 saturated heterocycles. The number of hydrogen-bond acceptors (Lipinski definition) is 1. The second kappa shape index (κ2) is 9.24. The van der Waals surface area contributed by atoms with Gasteiger partial charge in [-0.05, 0) is 12.1 Å². The third kappa shape index (κ3) is 7.51. The molecule has 0 unspecified atom stereocenters. The maximum absolute atomic E-state index is 2.33. The van der Waals surface area contributed by atoms with Crippen molar-refractivity contribution in [2.24, 2.45) is 0 Å². The molecule has 0 amide bonds. The van der Waals surface area contributed by atoms with Crippen molar-refractivity contribution in [2.45, 2.75) is 46.7 Å². The van der Waals surface area contributed by atoms with Gasteiger partial charge < -0.3 is 6.33 Å². The van der Waals surface area contributed by atoms with Crippen LogP contribution >= 0.6 is 0 Å². The molecule has 0 aromatic heterocycles. The van der Waals surface area contributed by atoms with Gasteiger partial charge >= 0.3 is 37.7 Å². The van der Waals surface area contributed by atoms with Crippen molar-refractivity contribution in [3.8, 4) is 0 Å². The van der Waals surface area contributed by atoms with Gasteiger partial charge in [-0.3, -0.25) is 6.54 Å². The second-order valence-electron chi connectivity index (χ2n) is 2.89. The van der Waals surface area contributed by atoms with Crippen LogP contribution < -0.4 is 37.7 Å². The third-order valence-electron chi connectivity index (χ3n) is 1.49. The van der Waals surface area contributed by atoms with Crippen LogP contribution in [0.5, 0.6) is 0 Å². The van der Waals surface area contributed by atoms with Gasteiger partial charge in [0.1, 0.15) is 0 Å². The molecule has 0 rings (SSSR count). The van der Waals surface area contributed by atoms with Gasteiger partial charge in [-0.15, -0.1) is 0 Å². The molecule has 0 N–H and O–H groups in total. The summed E-state index contributed by atoms with van der Waals surface area (Å²) in [5.74, 6) is 0. The van der Waals surface area contributed by atoms with E-state index in [0.717, 1.165) is 0 Å². The monoisotopic (exact) mass is 143 g/mol. The minimum Gasteiger partial charge on any atom is -1.00 e. The van der Waals surface area contributed by atoms with Crippen molar-refractivity contribution in [1.82, 2.24) is 4.90 Å². The summed E-state index contributed by atoms with van der Waals surface area (Å²) in [7, 11) is 0. The van der Waals surface area contributed by atoms with E-state index in [-0.39, 0.29) is 39.1 Å². The molecule has 0 bridgehead atoms. The predicted molar refractivity (Wildman–Crippen MR) is 43.2 cm³/mol. The van der Waals surface area contributed by atoms with E-state index in [4.69, 9.17) is 0 Å². The molecule has 0 spiro atoms. The Balaban J connectivity index is -0.000000107. The van der Waals surface area contributed by atoms with E-state index in [9.17, 15) is 0 Å². The Morgan fingerprint density at radius 2 is 1.27 bits per heavy atom. The van der Waals surface area contributed by atoms with Gasteiger partial charge in [0.25, 0.3) is 0 Å². The second-order valence-corrected chi connectivity index (χ2v) is 2.89. The molecule has 0 aromatic carbocycles. The average Bonchev–Trinajstić information content (AvgIpc) is 1.64. The Hall–Kier alpha value is 1.15. The number of nitrogens with zero attached hydrogens (tertiary/aromatic N) is 1. The first kappa shape index (κ1) is 18.0. The molecule has 0 aliphatic rings. The molecule has 0 aliphatic heterocycles.